The number of piperidine rings is 1. The van der Waals surface area contributed by atoms with Crippen molar-refractivity contribution in [1.82, 2.24) is 24.0 Å². The Morgan fingerprint density at radius 1 is 1.32 bits per heavy atom. The first-order valence-corrected chi connectivity index (χ1v) is 7.43. The van der Waals surface area contributed by atoms with E-state index < -0.39 is 5.69 Å². The standard InChI is InChI=1S/C14H21N5O3/c1-8-4-5-19(6-9(8)20)7-10-15-11-12(16-10)17(2)14(22)18(3)13(11)21/h8-9,20H,4-7H2,1-3H3,(H,15,16). The predicted octanol–water partition coefficient (Wildman–Crippen LogP) is -0.837. The minimum atomic E-state index is -0.391. The molecule has 0 aliphatic carbocycles. The van der Waals surface area contributed by atoms with Crippen LogP contribution in [-0.2, 0) is 20.6 Å². The van der Waals surface area contributed by atoms with Crippen LogP contribution in [0.5, 0.6) is 0 Å². The van der Waals surface area contributed by atoms with Crippen LogP contribution in [0, 0.1) is 5.92 Å². The lowest BCUT2D eigenvalue weighted by Gasteiger charge is -2.33. The molecule has 22 heavy (non-hydrogen) atoms. The van der Waals surface area contributed by atoms with Gasteiger partial charge in [-0.3, -0.25) is 18.8 Å². The number of hydrogen-bond acceptors (Lipinski definition) is 5. The zero-order chi connectivity index (χ0) is 16.0. The van der Waals surface area contributed by atoms with Crippen molar-refractivity contribution in [3.63, 3.8) is 0 Å². The fourth-order valence-corrected chi connectivity index (χ4v) is 2.92. The van der Waals surface area contributed by atoms with E-state index in [-0.39, 0.29) is 11.7 Å². The fourth-order valence-electron chi connectivity index (χ4n) is 2.92. The maximum Gasteiger partial charge on any atom is 0.332 e. The average molecular weight is 307 g/mol. The van der Waals surface area contributed by atoms with Crippen LogP contribution < -0.4 is 11.2 Å². The Labute approximate surface area is 127 Å². The van der Waals surface area contributed by atoms with Gasteiger partial charge in [0.2, 0.25) is 0 Å². The predicted molar refractivity (Wildman–Crippen MR) is 81.6 cm³/mol. The molecule has 2 unspecified atom stereocenters. The van der Waals surface area contributed by atoms with Crippen LogP contribution in [0.15, 0.2) is 9.59 Å². The van der Waals surface area contributed by atoms with Crippen molar-refractivity contribution in [3.05, 3.63) is 26.7 Å². The zero-order valence-corrected chi connectivity index (χ0v) is 13.0. The van der Waals surface area contributed by atoms with Crippen LogP contribution in [0.2, 0.25) is 0 Å². The molecule has 3 rings (SSSR count). The second kappa shape index (κ2) is 5.36. The minimum absolute atomic E-state index is 0.306. The van der Waals surface area contributed by atoms with E-state index in [1.807, 2.05) is 6.92 Å². The van der Waals surface area contributed by atoms with Crippen molar-refractivity contribution in [2.45, 2.75) is 26.0 Å². The highest BCUT2D eigenvalue weighted by molar-refractivity contribution is 5.69. The summed E-state index contributed by atoms with van der Waals surface area (Å²) < 4.78 is 2.43. The minimum Gasteiger partial charge on any atom is -0.392 e. The lowest BCUT2D eigenvalue weighted by atomic mass is 9.96. The molecule has 1 saturated heterocycles. The number of likely N-dealkylation sites (tertiary alicyclic amines) is 1. The van der Waals surface area contributed by atoms with Gasteiger partial charge in [-0.25, -0.2) is 9.78 Å². The largest absolute Gasteiger partial charge is 0.392 e. The second-order valence-corrected chi connectivity index (χ2v) is 6.16. The number of aromatic amines is 1. The molecule has 0 bridgehead atoms. The number of H-pyrrole nitrogens is 1. The summed E-state index contributed by atoms with van der Waals surface area (Å²) in [6, 6.07) is 0. The number of aryl methyl sites for hydroxylation is 1. The summed E-state index contributed by atoms with van der Waals surface area (Å²) >= 11 is 0. The van der Waals surface area contributed by atoms with E-state index in [1.54, 1.807) is 7.05 Å². The van der Waals surface area contributed by atoms with E-state index in [2.05, 4.69) is 14.9 Å². The summed E-state index contributed by atoms with van der Waals surface area (Å²) in [6.07, 6.45) is 0.595. The summed E-state index contributed by atoms with van der Waals surface area (Å²) in [4.78, 5) is 33.5. The van der Waals surface area contributed by atoms with Gasteiger partial charge in [0, 0.05) is 20.6 Å². The SMILES string of the molecule is CC1CCN(Cc2nc3c([nH]2)c(=O)n(C)c(=O)n3C)CC1O. The molecule has 0 aromatic carbocycles. The average Bonchev–Trinajstić information content (AvgIpc) is 2.91. The first-order chi connectivity index (χ1) is 10.4. The number of aliphatic hydroxyl groups excluding tert-OH is 1. The topological polar surface area (TPSA) is 96.2 Å². The van der Waals surface area contributed by atoms with Crippen LogP contribution in [-0.4, -0.2) is 48.3 Å². The Bertz CT molecular complexity index is 818. The normalized spacial score (nSPS) is 23.3. The highest BCUT2D eigenvalue weighted by Gasteiger charge is 2.25. The molecule has 2 N–H and O–H groups in total. The Morgan fingerprint density at radius 3 is 2.73 bits per heavy atom. The maximum absolute atomic E-state index is 12.1. The van der Waals surface area contributed by atoms with Gasteiger partial charge >= 0.3 is 5.69 Å². The molecule has 0 spiro atoms. The number of imidazole rings is 1. The van der Waals surface area contributed by atoms with Crippen molar-refractivity contribution >= 4 is 11.2 Å². The molecule has 1 fully saturated rings. The molecule has 2 aromatic rings. The number of β-amino-alcohol motifs (C(OH)–C–C–N with tert-alkyl or cyclic N) is 1. The van der Waals surface area contributed by atoms with E-state index in [1.165, 1.54) is 11.6 Å². The highest BCUT2D eigenvalue weighted by Crippen LogP contribution is 2.18. The number of rotatable bonds is 2. The monoisotopic (exact) mass is 307 g/mol. The Kier molecular flexibility index (Phi) is 3.65. The summed E-state index contributed by atoms with van der Waals surface area (Å²) in [7, 11) is 3.05. The van der Waals surface area contributed by atoms with Crippen LogP contribution in [0.3, 0.4) is 0 Å². The van der Waals surface area contributed by atoms with Gasteiger partial charge in [-0.1, -0.05) is 6.92 Å². The summed E-state index contributed by atoms with van der Waals surface area (Å²) in [5.74, 6) is 0.940. The molecule has 0 radical (unpaired) electrons. The van der Waals surface area contributed by atoms with Gasteiger partial charge in [0.05, 0.1) is 12.6 Å². The van der Waals surface area contributed by atoms with E-state index in [4.69, 9.17) is 0 Å². The number of fused-ring (bicyclic) bond motifs is 1. The van der Waals surface area contributed by atoms with Gasteiger partial charge in [-0.2, -0.15) is 0 Å². The molecule has 120 valence electrons. The number of nitrogens with zero attached hydrogens (tertiary/aromatic N) is 4. The van der Waals surface area contributed by atoms with Crippen LogP contribution in [0.4, 0.5) is 0 Å². The first-order valence-electron chi connectivity index (χ1n) is 7.43. The van der Waals surface area contributed by atoms with Crippen molar-refractivity contribution in [1.29, 1.82) is 0 Å². The number of nitrogens with one attached hydrogen (secondary N) is 1. The van der Waals surface area contributed by atoms with E-state index in [0.29, 0.717) is 36.0 Å². The quantitative estimate of drug-likeness (QED) is 0.754. The molecule has 8 heteroatoms. The first kappa shape index (κ1) is 15.0. The zero-order valence-electron chi connectivity index (χ0n) is 13.0. The van der Waals surface area contributed by atoms with Gasteiger partial charge in [-0.05, 0) is 18.9 Å². The van der Waals surface area contributed by atoms with Crippen LogP contribution in [0.1, 0.15) is 19.2 Å². The van der Waals surface area contributed by atoms with Gasteiger partial charge in [-0.15, -0.1) is 0 Å². The lowest BCUT2D eigenvalue weighted by Crippen LogP contribution is -2.42. The Hall–Kier alpha value is -1.93. The van der Waals surface area contributed by atoms with Crippen molar-refractivity contribution in [3.8, 4) is 0 Å². The number of aliphatic hydroxyl groups is 1. The third-order valence-corrected chi connectivity index (χ3v) is 4.52. The molecule has 0 saturated carbocycles. The van der Waals surface area contributed by atoms with Crippen molar-refractivity contribution in [2.75, 3.05) is 13.1 Å². The Morgan fingerprint density at radius 2 is 2.05 bits per heavy atom. The highest BCUT2D eigenvalue weighted by atomic mass is 16.3. The lowest BCUT2D eigenvalue weighted by molar-refractivity contribution is 0.0250. The summed E-state index contributed by atoms with van der Waals surface area (Å²) in [5.41, 5.74) is -0.0542. The number of hydrogen-bond donors (Lipinski definition) is 2. The smallest absolute Gasteiger partial charge is 0.332 e. The molecule has 0 amide bonds. The molecule has 2 aromatic heterocycles. The molecular weight excluding hydrogens is 286 g/mol. The van der Waals surface area contributed by atoms with E-state index in [9.17, 15) is 14.7 Å². The Balaban J connectivity index is 1.93. The number of aromatic nitrogens is 4. The molecule has 1 aliphatic rings. The molecular formula is C14H21N5O3. The van der Waals surface area contributed by atoms with Crippen molar-refractivity contribution < 1.29 is 5.11 Å². The van der Waals surface area contributed by atoms with Gasteiger partial charge in [0.15, 0.2) is 5.65 Å². The van der Waals surface area contributed by atoms with Gasteiger partial charge in [0.1, 0.15) is 11.3 Å². The molecule has 2 atom stereocenters. The van der Waals surface area contributed by atoms with E-state index >= 15 is 0 Å². The molecule has 8 nitrogen and oxygen atoms in total. The van der Waals surface area contributed by atoms with Crippen LogP contribution in [0.25, 0.3) is 11.2 Å². The van der Waals surface area contributed by atoms with E-state index in [0.717, 1.165) is 17.5 Å². The fraction of sp³-hybridized carbons (Fsp3) is 0.643. The van der Waals surface area contributed by atoms with Crippen molar-refractivity contribution in [2.24, 2.45) is 20.0 Å². The second-order valence-electron chi connectivity index (χ2n) is 6.16. The molecule has 3 heterocycles. The summed E-state index contributed by atoms with van der Waals surface area (Å²) in [5, 5.41) is 9.96. The third kappa shape index (κ3) is 2.38. The third-order valence-electron chi connectivity index (χ3n) is 4.52. The summed E-state index contributed by atoms with van der Waals surface area (Å²) in [6.45, 7) is 4.04. The molecule has 1 aliphatic heterocycles. The van der Waals surface area contributed by atoms with Crippen LogP contribution >= 0.6 is 0 Å². The van der Waals surface area contributed by atoms with Gasteiger partial charge in [0.25, 0.3) is 5.56 Å². The van der Waals surface area contributed by atoms with Gasteiger partial charge < -0.3 is 10.1 Å². The maximum atomic E-state index is 12.1.